The van der Waals surface area contributed by atoms with Crippen LogP contribution in [0.25, 0.3) is 0 Å². The minimum absolute atomic E-state index is 0. The van der Waals surface area contributed by atoms with Crippen LogP contribution in [0.3, 0.4) is 0 Å². The molecular weight excluding hydrogens is 567 g/mol. The molecule has 248 valence electrons. The van der Waals surface area contributed by atoms with Gasteiger partial charge in [-0.1, -0.05) is 148 Å². The molecule has 0 saturated carbocycles. The molecule has 0 fully saturated rings. The Balaban J connectivity index is -0.000000719. The Kier molecular flexibility index (Phi) is 40.9. The molecule has 43 heavy (non-hydrogen) atoms. The number of hydrogen-bond acceptors (Lipinski definition) is 2. The quantitative estimate of drug-likeness (QED) is 0.0595. The zero-order chi connectivity index (χ0) is 30.2. The number of unbranched alkanes of at least 4 members (excludes halogenated alkanes) is 21. The molecule has 0 aliphatic heterocycles. The maximum atomic E-state index is 11.5. The molecule has 1 aromatic heterocycles. The molecule has 5 nitrogen and oxygen atoms in total. The molecule has 1 amide bonds. The molecule has 0 aliphatic rings. The fraction of sp³-hybridized carbons (Fsp3) is 0.806. The second-order valence-electron chi connectivity index (χ2n) is 11.9. The summed E-state index contributed by atoms with van der Waals surface area (Å²) in [5.41, 5.74) is 0. The summed E-state index contributed by atoms with van der Waals surface area (Å²) in [5, 5.41) is 8.57. The van der Waals surface area contributed by atoms with Crippen molar-refractivity contribution in [3.8, 4) is 0 Å². The zero-order valence-corrected chi connectivity index (χ0v) is 28.7. The van der Waals surface area contributed by atoms with E-state index in [0.717, 1.165) is 12.8 Å². The van der Waals surface area contributed by atoms with Crippen LogP contribution in [0.5, 0.6) is 0 Å². The van der Waals surface area contributed by atoms with Crippen molar-refractivity contribution in [1.29, 1.82) is 0 Å². The topological polar surface area (TPSA) is 61.5 Å². The number of nitrogens with zero attached hydrogens (tertiary/aromatic N) is 2. The van der Waals surface area contributed by atoms with Crippen LogP contribution in [-0.2, 0) is 16.1 Å². The van der Waals surface area contributed by atoms with Crippen molar-refractivity contribution < 1.29 is 19.3 Å². The van der Waals surface area contributed by atoms with Crippen LogP contribution in [0, 0.1) is 0 Å². The van der Waals surface area contributed by atoms with Gasteiger partial charge in [0, 0.05) is 32.0 Å². The average molecular weight is 636 g/mol. The first-order valence-corrected chi connectivity index (χ1v) is 17.4. The Hall–Kier alpha value is -0.620. The number of carbonyl (C=O) groups is 2. The predicted octanol–water partition coefficient (Wildman–Crippen LogP) is 9.68. The number of likely N-dealkylation sites (N-methyl/N-ethyl adjacent to an activating group) is 1. The van der Waals surface area contributed by atoms with Crippen LogP contribution in [0.2, 0.25) is 0 Å². The number of carboxylic acids is 1. The van der Waals surface area contributed by atoms with Crippen molar-refractivity contribution >= 4 is 53.8 Å². The molecule has 0 aliphatic carbocycles. The van der Waals surface area contributed by atoms with E-state index in [9.17, 15) is 9.59 Å². The molecule has 0 bridgehead atoms. The van der Waals surface area contributed by atoms with Gasteiger partial charge in [0.25, 0.3) is 0 Å². The minimum atomic E-state index is -0.956. The number of aliphatic carboxylic acids is 1. The van der Waals surface area contributed by atoms with Crippen LogP contribution in [0.4, 0.5) is 0 Å². The van der Waals surface area contributed by atoms with E-state index in [1.54, 1.807) is 7.05 Å². The van der Waals surface area contributed by atoms with E-state index in [1.807, 2.05) is 0 Å². The number of carbonyl (C=O) groups excluding carboxylic acids is 1. The molecule has 1 aromatic rings. The number of aryl methyl sites for hydroxylation is 1. The SMILES string of the molecule is CCCCCCCCCCCC(=O)N(C)CC(=O)O.CCCCCCCCCCCCCCCC[n+]1ccccc1.Cl.[NaH]. The monoisotopic (exact) mass is 635 g/mol. The Morgan fingerprint density at radius 1 is 0.581 bits per heavy atom. The molecule has 1 rings (SSSR count). The second kappa shape index (κ2) is 37.6. The fourth-order valence-corrected chi connectivity index (χ4v) is 5.14. The normalized spacial score (nSPS) is 10.2. The van der Waals surface area contributed by atoms with Crippen molar-refractivity contribution in [1.82, 2.24) is 4.90 Å². The van der Waals surface area contributed by atoms with Gasteiger partial charge in [-0.05, 0) is 12.8 Å². The van der Waals surface area contributed by atoms with Gasteiger partial charge in [0.15, 0.2) is 12.4 Å². The third kappa shape index (κ3) is 35.7. The van der Waals surface area contributed by atoms with Crippen LogP contribution in [-0.4, -0.2) is 65.0 Å². The van der Waals surface area contributed by atoms with E-state index in [0.29, 0.717) is 6.42 Å². The van der Waals surface area contributed by atoms with E-state index >= 15 is 0 Å². The number of carboxylic acid groups (broad SMARTS) is 1. The van der Waals surface area contributed by atoms with Crippen molar-refractivity contribution in [3.05, 3.63) is 30.6 Å². The van der Waals surface area contributed by atoms with Gasteiger partial charge >= 0.3 is 35.5 Å². The Bertz CT molecular complexity index is 709. The van der Waals surface area contributed by atoms with E-state index in [1.165, 1.54) is 146 Å². The molecule has 0 saturated heterocycles. The third-order valence-electron chi connectivity index (χ3n) is 7.84. The van der Waals surface area contributed by atoms with Gasteiger partial charge in [0.05, 0.1) is 0 Å². The fourth-order valence-electron chi connectivity index (χ4n) is 5.14. The van der Waals surface area contributed by atoms with Gasteiger partial charge in [-0.2, -0.15) is 0 Å². The summed E-state index contributed by atoms with van der Waals surface area (Å²) in [7, 11) is 1.55. The first kappa shape index (κ1) is 46.8. The number of rotatable bonds is 27. The third-order valence-corrected chi connectivity index (χ3v) is 7.84. The van der Waals surface area contributed by atoms with Crippen LogP contribution >= 0.6 is 12.4 Å². The summed E-state index contributed by atoms with van der Waals surface area (Å²) < 4.78 is 2.29. The summed E-state index contributed by atoms with van der Waals surface area (Å²) in [4.78, 5) is 23.3. The maximum absolute atomic E-state index is 11.5. The van der Waals surface area contributed by atoms with Crippen LogP contribution < -0.4 is 4.57 Å². The number of amides is 1. The number of aromatic nitrogens is 1. The Morgan fingerprint density at radius 3 is 1.30 bits per heavy atom. The van der Waals surface area contributed by atoms with E-state index in [4.69, 9.17) is 5.11 Å². The Labute approximate surface area is 295 Å². The van der Waals surface area contributed by atoms with Crippen LogP contribution in [0.15, 0.2) is 30.6 Å². The molecule has 0 atom stereocenters. The van der Waals surface area contributed by atoms with Gasteiger partial charge in [0.1, 0.15) is 13.1 Å². The molecule has 0 aromatic carbocycles. The van der Waals surface area contributed by atoms with Crippen molar-refractivity contribution in [2.75, 3.05) is 13.6 Å². The molecule has 0 radical (unpaired) electrons. The molecule has 1 heterocycles. The average Bonchev–Trinajstić information content (AvgIpc) is 2.97. The standard InChI is InChI=1S/C21H38N.C15H29NO3.ClH.Na.H/c1-2-3-4-5-6-7-8-9-10-11-12-13-14-16-19-22-20-17-15-18-21-22;1-3-4-5-6-7-8-9-10-11-12-14(17)16(2)13-15(18)19;;;/h15,17-18,20-21H,2-14,16,19H2,1H3;3-13H2,1-2H3,(H,18,19);1H;;/q+1;;;;. The summed E-state index contributed by atoms with van der Waals surface area (Å²) in [6, 6.07) is 6.31. The van der Waals surface area contributed by atoms with E-state index in [-0.39, 0.29) is 54.4 Å². The molecule has 0 unspecified atom stereocenters. The molecular formula is C36H69ClN2NaO3+. The van der Waals surface area contributed by atoms with E-state index < -0.39 is 5.97 Å². The first-order chi connectivity index (χ1) is 20.0. The Morgan fingerprint density at radius 2 is 0.930 bits per heavy atom. The van der Waals surface area contributed by atoms with Gasteiger partial charge in [0.2, 0.25) is 5.91 Å². The summed E-state index contributed by atoms with van der Waals surface area (Å²) in [5.74, 6) is -1.02. The van der Waals surface area contributed by atoms with E-state index in [2.05, 4.69) is 49.0 Å². The summed E-state index contributed by atoms with van der Waals surface area (Å²) in [6.45, 7) is 5.49. The van der Waals surface area contributed by atoms with Crippen molar-refractivity contribution in [2.45, 2.75) is 174 Å². The van der Waals surface area contributed by atoms with Gasteiger partial charge < -0.3 is 10.0 Å². The second-order valence-corrected chi connectivity index (χ2v) is 11.9. The number of halogens is 1. The van der Waals surface area contributed by atoms with Gasteiger partial charge in [-0.25, -0.2) is 4.57 Å². The van der Waals surface area contributed by atoms with Crippen LogP contribution in [0.1, 0.15) is 168 Å². The molecule has 1 N–H and O–H groups in total. The molecule has 0 spiro atoms. The number of pyridine rings is 1. The van der Waals surface area contributed by atoms with Gasteiger partial charge in [-0.3, -0.25) is 9.59 Å². The summed E-state index contributed by atoms with van der Waals surface area (Å²) in [6.07, 6.45) is 35.9. The zero-order valence-electron chi connectivity index (χ0n) is 27.8. The van der Waals surface area contributed by atoms with Gasteiger partial charge in [-0.15, -0.1) is 12.4 Å². The first-order valence-electron chi connectivity index (χ1n) is 17.4. The number of hydrogen-bond donors (Lipinski definition) is 1. The molecule has 7 heteroatoms. The van der Waals surface area contributed by atoms with Crippen molar-refractivity contribution in [3.63, 3.8) is 0 Å². The predicted molar refractivity (Wildman–Crippen MR) is 188 cm³/mol. The van der Waals surface area contributed by atoms with Crippen molar-refractivity contribution in [2.24, 2.45) is 0 Å². The summed E-state index contributed by atoms with van der Waals surface area (Å²) >= 11 is 0.